The van der Waals surface area contributed by atoms with Crippen molar-refractivity contribution in [3.05, 3.63) is 71.9 Å². The second kappa shape index (κ2) is 18.1. The monoisotopic (exact) mass is 635 g/mol. The van der Waals surface area contributed by atoms with E-state index >= 15 is 0 Å². The van der Waals surface area contributed by atoms with Crippen LogP contribution in [0, 0.1) is 0 Å². The van der Waals surface area contributed by atoms with Crippen molar-refractivity contribution < 1.29 is 24.3 Å². The van der Waals surface area contributed by atoms with Crippen molar-refractivity contribution in [1.29, 1.82) is 0 Å². The Kier molecular flexibility index (Phi) is 14.0. The van der Waals surface area contributed by atoms with Crippen LogP contribution in [0.1, 0.15) is 43.2 Å². The molecule has 13 N–H and O–H groups in total. The number of guanidine groups is 1. The van der Waals surface area contributed by atoms with E-state index in [1.165, 1.54) is 0 Å². The number of carbonyl (C=O) groups excluding carboxylic acids is 3. The molecule has 0 aliphatic carbocycles. The molecule has 248 valence electrons. The first kappa shape index (κ1) is 35.5. The Labute approximate surface area is 267 Å². The largest absolute Gasteiger partial charge is 0.480 e. The average Bonchev–Trinajstić information content (AvgIpc) is 3.44. The molecule has 1 aromatic heterocycles. The molecular weight excluding hydrogens is 590 g/mol. The van der Waals surface area contributed by atoms with E-state index in [0.29, 0.717) is 32.4 Å². The van der Waals surface area contributed by atoms with Gasteiger partial charge in [-0.1, -0.05) is 48.5 Å². The molecule has 0 saturated heterocycles. The lowest BCUT2D eigenvalue weighted by atomic mass is 10.0. The molecule has 3 amide bonds. The fourth-order valence-corrected chi connectivity index (χ4v) is 5.02. The lowest BCUT2D eigenvalue weighted by Gasteiger charge is -2.25. The molecule has 2 aromatic carbocycles. The van der Waals surface area contributed by atoms with Gasteiger partial charge >= 0.3 is 5.97 Å². The van der Waals surface area contributed by atoms with Gasteiger partial charge in [-0.3, -0.25) is 19.4 Å². The summed E-state index contributed by atoms with van der Waals surface area (Å²) in [6.45, 7) is 0.705. The third kappa shape index (κ3) is 11.2. The van der Waals surface area contributed by atoms with Crippen LogP contribution >= 0.6 is 0 Å². The van der Waals surface area contributed by atoms with Crippen LogP contribution in [0.2, 0.25) is 0 Å². The maximum Gasteiger partial charge on any atom is 0.326 e. The van der Waals surface area contributed by atoms with Crippen LogP contribution in [0.4, 0.5) is 0 Å². The second-order valence-corrected chi connectivity index (χ2v) is 11.1. The molecule has 14 nitrogen and oxygen atoms in total. The van der Waals surface area contributed by atoms with Crippen LogP contribution in [0.3, 0.4) is 0 Å². The van der Waals surface area contributed by atoms with Gasteiger partial charge in [0.25, 0.3) is 0 Å². The van der Waals surface area contributed by atoms with E-state index < -0.39 is 47.9 Å². The minimum atomic E-state index is -1.26. The molecule has 4 unspecified atom stereocenters. The molecule has 0 spiro atoms. The number of aliphatic carboxylic acids is 1. The summed E-state index contributed by atoms with van der Waals surface area (Å²) in [5.41, 5.74) is 24.7. The standard InChI is InChI=1S/C32H45N9O5/c33-15-7-6-14-25(39-28(42)23(34)12-8-16-37-32(35)36)29(43)40-26(17-20-9-2-1-3-10-20)30(44)41-27(31(45)46)18-21-19-38-24-13-5-4-11-22(21)24/h1-5,9-11,13,19,23,25-27,38H,6-8,12,14-18,33-34H2,(H,39,42)(H,40,43)(H,41,44)(H,45,46)(H4,35,36,37). The van der Waals surface area contributed by atoms with E-state index in [4.69, 9.17) is 22.9 Å². The molecular formula is C32H45N9O5. The van der Waals surface area contributed by atoms with Gasteiger partial charge in [-0.2, -0.15) is 0 Å². The molecule has 0 radical (unpaired) electrons. The minimum Gasteiger partial charge on any atom is -0.480 e. The number of H-pyrrole nitrogens is 1. The number of aliphatic imine (C=N–C) groups is 1. The highest BCUT2D eigenvalue weighted by Gasteiger charge is 2.31. The number of aromatic amines is 1. The summed E-state index contributed by atoms with van der Waals surface area (Å²) in [4.78, 5) is 59.4. The number of unbranched alkanes of at least 4 members (excludes halogenated alkanes) is 1. The van der Waals surface area contributed by atoms with Crippen molar-refractivity contribution in [1.82, 2.24) is 20.9 Å². The quantitative estimate of drug-likeness (QED) is 0.0487. The smallest absolute Gasteiger partial charge is 0.326 e. The van der Waals surface area contributed by atoms with Crippen molar-refractivity contribution in [3.8, 4) is 0 Å². The zero-order valence-electron chi connectivity index (χ0n) is 25.8. The average molecular weight is 636 g/mol. The van der Waals surface area contributed by atoms with Gasteiger partial charge in [0.1, 0.15) is 18.1 Å². The Morgan fingerprint density at radius 3 is 2.13 bits per heavy atom. The van der Waals surface area contributed by atoms with Crippen LogP contribution in [0.15, 0.2) is 65.8 Å². The molecule has 0 bridgehead atoms. The predicted octanol–water partition coefficient (Wildman–Crippen LogP) is 0.00200. The number of hydrogen-bond donors (Lipinski definition) is 9. The summed E-state index contributed by atoms with van der Waals surface area (Å²) in [6, 6.07) is 12.2. The van der Waals surface area contributed by atoms with Gasteiger partial charge < -0.3 is 49.0 Å². The van der Waals surface area contributed by atoms with E-state index in [-0.39, 0.29) is 31.6 Å². The van der Waals surface area contributed by atoms with E-state index in [0.717, 1.165) is 22.0 Å². The van der Waals surface area contributed by atoms with Crippen LogP contribution in [-0.4, -0.2) is 77.0 Å². The molecule has 0 aliphatic heterocycles. The summed E-state index contributed by atoms with van der Waals surface area (Å²) in [5.74, 6) is -3.09. The molecule has 3 aromatic rings. The third-order valence-electron chi connectivity index (χ3n) is 7.51. The maximum absolute atomic E-state index is 13.6. The first-order chi connectivity index (χ1) is 22.1. The number of benzene rings is 2. The van der Waals surface area contributed by atoms with Crippen molar-refractivity contribution in [2.45, 2.75) is 69.1 Å². The minimum absolute atomic E-state index is 0.0237. The summed E-state index contributed by atoms with van der Waals surface area (Å²) >= 11 is 0. The summed E-state index contributed by atoms with van der Waals surface area (Å²) < 4.78 is 0. The highest BCUT2D eigenvalue weighted by atomic mass is 16.4. The van der Waals surface area contributed by atoms with E-state index in [1.807, 2.05) is 30.3 Å². The SMILES string of the molecule is NCCCCC(NC(=O)C(N)CCCN=C(N)N)C(=O)NC(Cc1ccccc1)C(=O)NC(Cc1c[nH]c2ccccc12)C(=O)O. The van der Waals surface area contributed by atoms with E-state index in [1.54, 1.807) is 30.5 Å². The fraction of sp³-hybridized carbons (Fsp3) is 0.406. The highest BCUT2D eigenvalue weighted by molar-refractivity contribution is 5.94. The van der Waals surface area contributed by atoms with Crippen LogP contribution in [0.5, 0.6) is 0 Å². The zero-order chi connectivity index (χ0) is 33.5. The van der Waals surface area contributed by atoms with Gasteiger partial charge in [-0.05, 0) is 55.8 Å². The van der Waals surface area contributed by atoms with Crippen molar-refractivity contribution in [3.63, 3.8) is 0 Å². The number of carboxylic acid groups (broad SMARTS) is 1. The van der Waals surface area contributed by atoms with Gasteiger partial charge in [0.2, 0.25) is 17.7 Å². The van der Waals surface area contributed by atoms with E-state index in [9.17, 15) is 24.3 Å². The normalized spacial score (nSPS) is 13.6. The Hall–Kier alpha value is -4.95. The lowest BCUT2D eigenvalue weighted by Crippen LogP contribution is -2.57. The molecule has 0 saturated carbocycles. The number of carboxylic acids is 1. The maximum atomic E-state index is 13.6. The molecule has 14 heteroatoms. The van der Waals surface area contributed by atoms with Crippen LogP contribution in [-0.2, 0) is 32.0 Å². The number of nitrogens with two attached hydrogens (primary N) is 4. The molecule has 0 fully saturated rings. The fourth-order valence-electron chi connectivity index (χ4n) is 5.02. The molecule has 1 heterocycles. The van der Waals surface area contributed by atoms with Gasteiger partial charge in [-0.25, -0.2) is 4.79 Å². The number of hydrogen-bond acceptors (Lipinski definition) is 7. The zero-order valence-corrected chi connectivity index (χ0v) is 25.8. The number of nitrogens with zero attached hydrogens (tertiary/aromatic N) is 1. The van der Waals surface area contributed by atoms with Gasteiger partial charge in [0.15, 0.2) is 5.96 Å². The number of aromatic nitrogens is 1. The third-order valence-corrected chi connectivity index (χ3v) is 7.51. The van der Waals surface area contributed by atoms with Gasteiger partial charge in [0, 0.05) is 36.5 Å². The van der Waals surface area contributed by atoms with Crippen LogP contribution < -0.4 is 38.9 Å². The molecule has 46 heavy (non-hydrogen) atoms. The molecule has 3 rings (SSSR count). The first-order valence-electron chi connectivity index (χ1n) is 15.3. The van der Waals surface area contributed by atoms with Crippen molar-refractivity contribution in [2.75, 3.05) is 13.1 Å². The van der Waals surface area contributed by atoms with Gasteiger partial charge in [0.05, 0.1) is 6.04 Å². The predicted molar refractivity (Wildman–Crippen MR) is 176 cm³/mol. The summed E-state index contributed by atoms with van der Waals surface area (Å²) in [6.07, 6.45) is 3.98. The van der Waals surface area contributed by atoms with Crippen molar-refractivity contribution in [2.24, 2.45) is 27.9 Å². The first-order valence-corrected chi connectivity index (χ1v) is 15.3. The topological polar surface area (TPSA) is 257 Å². The Balaban J connectivity index is 1.76. The second-order valence-electron chi connectivity index (χ2n) is 11.1. The highest BCUT2D eigenvalue weighted by Crippen LogP contribution is 2.19. The summed E-state index contributed by atoms with van der Waals surface area (Å²) in [5, 5.41) is 18.9. The van der Waals surface area contributed by atoms with Crippen LogP contribution in [0.25, 0.3) is 10.9 Å². The van der Waals surface area contributed by atoms with Crippen molar-refractivity contribution >= 4 is 40.6 Å². The number of para-hydroxylation sites is 1. The number of rotatable bonds is 19. The Morgan fingerprint density at radius 2 is 1.43 bits per heavy atom. The number of fused-ring (bicyclic) bond motifs is 1. The Bertz CT molecular complexity index is 1470. The molecule has 0 aliphatic rings. The molecule has 4 atom stereocenters. The summed E-state index contributed by atoms with van der Waals surface area (Å²) in [7, 11) is 0. The Morgan fingerprint density at radius 1 is 0.783 bits per heavy atom. The number of carbonyl (C=O) groups is 4. The van der Waals surface area contributed by atoms with Gasteiger partial charge in [-0.15, -0.1) is 0 Å². The van der Waals surface area contributed by atoms with E-state index in [2.05, 4.69) is 25.9 Å². The number of nitrogens with one attached hydrogen (secondary N) is 4. The lowest BCUT2D eigenvalue weighted by molar-refractivity contribution is -0.142. The number of amides is 3.